The van der Waals surface area contributed by atoms with E-state index in [1.165, 1.54) is 0 Å². The SMILES string of the molecule is COc1c(F)cc(-c2cc(C(F)(F)F)c(NC3C[C@@H]4CN(CC5CCOCC5)C[C@H]4C3)nn2)cc1F. The fourth-order valence-electron chi connectivity index (χ4n) is 5.91. The number of nitrogens with one attached hydrogen (secondary N) is 1. The molecule has 36 heavy (non-hydrogen) atoms. The molecule has 0 amide bonds. The van der Waals surface area contributed by atoms with Crippen molar-refractivity contribution in [3.05, 3.63) is 35.4 Å². The van der Waals surface area contributed by atoms with Crippen LogP contribution in [-0.4, -0.2) is 61.1 Å². The molecule has 3 fully saturated rings. The molecule has 2 saturated heterocycles. The van der Waals surface area contributed by atoms with Crippen molar-refractivity contribution in [2.24, 2.45) is 17.8 Å². The summed E-state index contributed by atoms with van der Waals surface area (Å²) in [5.41, 5.74) is -1.45. The number of hydrogen-bond acceptors (Lipinski definition) is 6. The van der Waals surface area contributed by atoms with Gasteiger partial charge in [-0.05, 0) is 61.6 Å². The van der Waals surface area contributed by atoms with Crippen LogP contribution in [0.1, 0.15) is 31.2 Å². The van der Waals surface area contributed by atoms with E-state index in [2.05, 4.69) is 25.2 Å². The standard InChI is InChI=1S/C25H29F5N4O2/c1-35-23-20(26)8-15(9-21(23)27)22-10-19(25(28,29)30)24(33-32-22)31-18-6-16-12-34(13-17(16)7-18)11-14-2-4-36-5-3-14/h8-10,14,16-18H,2-7,11-13H2,1H3,(H,31,33)/t16-,17-/m1/s1. The van der Waals surface area contributed by atoms with Crippen molar-refractivity contribution in [2.45, 2.75) is 37.9 Å². The normalized spacial score (nSPS) is 23.7. The Hall–Kier alpha value is -2.53. The lowest BCUT2D eigenvalue weighted by Crippen LogP contribution is -2.32. The summed E-state index contributed by atoms with van der Waals surface area (Å²) >= 11 is 0. The molecule has 1 aromatic carbocycles. The van der Waals surface area contributed by atoms with Crippen molar-refractivity contribution < 1.29 is 31.4 Å². The second-order valence-electron chi connectivity index (χ2n) is 10.1. The van der Waals surface area contributed by atoms with Gasteiger partial charge in [-0.25, -0.2) is 8.78 Å². The Morgan fingerprint density at radius 1 is 1.03 bits per heavy atom. The van der Waals surface area contributed by atoms with Gasteiger partial charge in [0.05, 0.1) is 12.8 Å². The predicted molar refractivity (Wildman–Crippen MR) is 123 cm³/mol. The first kappa shape index (κ1) is 25.1. The highest BCUT2D eigenvalue weighted by atomic mass is 19.4. The van der Waals surface area contributed by atoms with Crippen LogP contribution in [0.2, 0.25) is 0 Å². The maximum absolute atomic E-state index is 14.1. The van der Waals surface area contributed by atoms with E-state index in [0.29, 0.717) is 17.8 Å². The molecule has 11 heteroatoms. The van der Waals surface area contributed by atoms with Crippen LogP contribution >= 0.6 is 0 Å². The van der Waals surface area contributed by atoms with Gasteiger partial charge in [0.1, 0.15) is 5.56 Å². The number of anilines is 1. The molecular weight excluding hydrogens is 483 g/mol. The van der Waals surface area contributed by atoms with Gasteiger partial charge in [0.25, 0.3) is 0 Å². The number of nitrogens with zero attached hydrogens (tertiary/aromatic N) is 3. The van der Waals surface area contributed by atoms with Crippen LogP contribution in [0.15, 0.2) is 18.2 Å². The van der Waals surface area contributed by atoms with Crippen molar-refractivity contribution in [1.82, 2.24) is 15.1 Å². The van der Waals surface area contributed by atoms with Crippen molar-refractivity contribution in [3.8, 4) is 17.0 Å². The van der Waals surface area contributed by atoms with Gasteiger partial charge in [0, 0.05) is 44.5 Å². The maximum atomic E-state index is 14.1. The van der Waals surface area contributed by atoms with Gasteiger partial charge in [-0.3, -0.25) is 0 Å². The van der Waals surface area contributed by atoms with E-state index < -0.39 is 29.1 Å². The van der Waals surface area contributed by atoms with Gasteiger partial charge in [-0.15, -0.1) is 10.2 Å². The second kappa shape index (κ2) is 10.1. The zero-order valence-corrected chi connectivity index (χ0v) is 20.0. The number of hydrogen-bond donors (Lipinski definition) is 1. The summed E-state index contributed by atoms with van der Waals surface area (Å²) in [7, 11) is 1.10. The first-order valence-corrected chi connectivity index (χ1v) is 12.3. The number of rotatable bonds is 6. The van der Waals surface area contributed by atoms with Gasteiger partial charge in [0.15, 0.2) is 23.2 Å². The summed E-state index contributed by atoms with van der Waals surface area (Å²) in [5, 5.41) is 10.6. The average Bonchev–Trinajstić information content (AvgIpc) is 3.37. The number of ether oxygens (including phenoxy) is 2. The number of alkyl halides is 3. The first-order chi connectivity index (χ1) is 17.2. The number of halogens is 5. The average molecular weight is 513 g/mol. The fraction of sp³-hybridized carbons (Fsp3) is 0.600. The summed E-state index contributed by atoms with van der Waals surface area (Å²) < 4.78 is 80.0. The molecule has 0 unspecified atom stereocenters. The number of methoxy groups -OCH3 is 1. The molecule has 1 aromatic heterocycles. The van der Waals surface area contributed by atoms with Gasteiger partial charge < -0.3 is 19.7 Å². The molecular formula is C25H29F5N4O2. The van der Waals surface area contributed by atoms with Gasteiger partial charge >= 0.3 is 6.18 Å². The number of aromatic nitrogens is 2. The molecule has 5 rings (SSSR count). The van der Waals surface area contributed by atoms with Crippen molar-refractivity contribution in [3.63, 3.8) is 0 Å². The molecule has 0 radical (unpaired) electrons. The van der Waals surface area contributed by atoms with Crippen molar-refractivity contribution in [1.29, 1.82) is 0 Å². The van der Waals surface area contributed by atoms with Crippen LogP contribution in [0.5, 0.6) is 5.75 Å². The van der Waals surface area contributed by atoms with Crippen LogP contribution in [0.3, 0.4) is 0 Å². The molecule has 6 nitrogen and oxygen atoms in total. The minimum absolute atomic E-state index is 0.137. The van der Waals surface area contributed by atoms with Crippen LogP contribution in [-0.2, 0) is 10.9 Å². The number of likely N-dealkylation sites (tertiary alicyclic amines) is 1. The third-order valence-corrected chi connectivity index (χ3v) is 7.62. The molecule has 0 spiro atoms. The smallest absolute Gasteiger partial charge is 0.420 e. The highest BCUT2D eigenvalue weighted by molar-refractivity contribution is 5.63. The van der Waals surface area contributed by atoms with Gasteiger partial charge in [-0.2, -0.15) is 13.2 Å². The molecule has 2 aromatic rings. The molecule has 1 aliphatic carbocycles. The zero-order valence-electron chi connectivity index (χ0n) is 20.0. The summed E-state index contributed by atoms with van der Waals surface area (Å²) in [5.74, 6) is -1.50. The van der Waals surface area contributed by atoms with Gasteiger partial charge in [-0.1, -0.05) is 0 Å². The molecule has 1 N–H and O–H groups in total. The third-order valence-electron chi connectivity index (χ3n) is 7.62. The van der Waals surface area contributed by atoms with Crippen molar-refractivity contribution >= 4 is 5.82 Å². The predicted octanol–water partition coefficient (Wildman–Crippen LogP) is 5.00. The fourth-order valence-corrected chi connectivity index (χ4v) is 5.91. The van der Waals surface area contributed by atoms with Crippen LogP contribution < -0.4 is 10.1 Å². The van der Waals surface area contributed by atoms with E-state index in [-0.39, 0.29) is 23.1 Å². The summed E-state index contributed by atoms with van der Waals surface area (Å²) in [6.45, 7) is 4.63. The van der Waals surface area contributed by atoms with E-state index in [1.54, 1.807) is 0 Å². The first-order valence-electron chi connectivity index (χ1n) is 12.3. The zero-order chi connectivity index (χ0) is 25.4. The minimum Gasteiger partial charge on any atom is -0.491 e. The molecule has 3 heterocycles. The number of benzene rings is 1. The van der Waals surface area contributed by atoms with Crippen LogP contribution in [0.4, 0.5) is 27.8 Å². The van der Waals surface area contributed by atoms with Crippen molar-refractivity contribution in [2.75, 3.05) is 45.3 Å². The minimum atomic E-state index is -4.72. The van der Waals surface area contributed by atoms with Crippen LogP contribution in [0.25, 0.3) is 11.3 Å². The molecule has 1 saturated carbocycles. The van der Waals surface area contributed by atoms with E-state index in [4.69, 9.17) is 4.74 Å². The summed E-state index contributed by atoms with van der Waals surface area (Å²) in [6.07, 6.45) is -1.01. The monoisotopic (exact) mass is 512 g/mol. The Kier molecular flexibility index (Phi) is 7.04. The molecule has 2 atom stereocenters. The van der Waals surface area contributed by atoms with E-state index >= 15 is 0 Å². The Bertz CT molecular complexity index is 1060. The molecule has 196 valence electrons. The largest absolute Gasteiger partial charge is 0.491 e. The molecule has 0 bridgehead atoms. The summed E-state index contributed by atoms with van der Waals surface area (Å²) in [4.78, 5) is 2.49. The third kappa shape index (κ3) is 5.27. The Labute approximate surface area is 206 Å². The lowest BCUT2D eigenvalue weighted by Gasteiger charge is -2.28. The topological polar surface area (TPSA) is 59.5 Å². The second-order valence-corrected chi connectivity index (χ2v) is 10.1. The Balaban J connectivity index is 1.27. The van der Waals surface area contributed by atoms with E-state index in [9.17, 15) is 22.0 Å². The molecule has 3 aliphatic rings. The number of fused-ring (bicyclic) bond motifs is 1. The lowest BCUT2D eigenvalue weighted by molar-refractivity contribution is -0.137. The quantitative estimate of drug-likeness (QED) is 0.550. The Morgan fingerprint density at radius 2 is 1.67 bits per heavy atom. The highest BCUT2D eigenvalue weighted by Crippen LogP contribution is 2.42. The molecule has 2 aliphatic heterocycles. The van der Waals surface area contributed by atoms with Gasteiger partial charge in [0.2, 0.25) is 0 Å². The highest BCUT2D eigenvalue weighted by Gasteiger charge is 2.43. The van der Waals surface area contributed by atoms with E-state index in [1.807, 2.05) is 0 Å². The maximum Gasteiger partial charge on any atom is 0.420 e. The summed E-state index contributed by atoms with van der Waals surface area (Å²) in [6, 6.07) is 2.40. The Morgan fingerprint density at radius 3 is 2.25 bits per heavy atom. The van der Waals surface area contributed by atoms with Crippen LogP contribution in [0, 0.1) is 29.4 Å². The van der Waals surface area contributed by atoms with E-state index in [0.717, 1.165) is 83.8 Å². The lowest BCUT2D eigenvalue weighted by atomic mass is 10.00.